The van der Waals surface area contributed by atoms with Gasteiger partial charge in [-0.3, -0.25) is 0 Å². The van der Waals surface area contributed by atoms with Crippen molar-refractivity contribution in [1.82, 2.24) is 0 Å². The van der Waals surface area contributed by atoms with Gasteiger partial charge in [0.2, 0.25) is 0 Å². The molecule has 1 rings (SSSR count). The summed E-state index contributed by atoms with van der Waals surface area (Å²) in [7, 11) is 0. The van der Waals surface area contributed by atoms with E-state index in [2.05, 4.69) is 30.9 Å². The van der Waals surface area contributed by atoms with E-state index in [1.165, 1.54) is 18.4 Å². The van der Waals surface area contributed by atoms with Crippen LogP contribution in [0.15, 0.2) is 24.3 Å². The molecular formula is C14H15N. The Morgan fingerprint density at radius 2 is 1.93 bits per heavy atom. The molecular weight excluding hydrogens is 182 g/mol. The quantitative estimate of drug-likeness (QED) is 0.682. The lowest BCUT2D eigenvalue weighted by Gasteiger charge is -1.98. The lowest BCUT2D eigenvalue weighted by molar-refractivity contribution is 0.795. The van der Waals surface area contributed by atoms with Crippen LogP contribution in [-0.2, 0) is 6.42 Å². The number of nitrogens with zero attached hydrogens (tertiary/aromatic N) is 1. The second kappa shape index (κ2) is 6.68. The van der Waals surface area contributed by atoms with Crippen molar-refractivity contribution >= 4 is 0 Å². The molecule has 0 saturated heterocycles. The van der Waals surface area contributed by atoms with E-state index < -0.39 is 0 Å². The molecule has 0 saturated carbocycles. The van der Waals surface area contributed by atoms with E-state index in [9.17, 15) is 0 Å². The summed E-state index contributed by atoms with van der Waals surface area (Å²) in [6.45, 7) is 2.20. The van der Waals surface area contributed by atoms with E-state index >= 15 is 0 Å². The average molecular weight is 197 g/mol. The second-order valence-electron chi connectivity index (χ2n) is 3.44. The molecule has 0 unspecified atom stereocenters. The fraction of sp³-hybridized carbons (Fsp3) is 0.357. The number of benzene rings is 1. The van der Waals surface area contributed by atoms with Crippen molar-refractivity contribution in [1.29, 1.82) is 5.26 Å². The van der Waals surface area contributed by atoms with Gasteiger partial charge in [-0.15, -0.1) is 0 Å². The minimum Gasteiger partial charge on any atom is -0.197 e. The highest BCUT2D eigenvalue weighted by Crippen LogP contribution is 2.06. The van der Waals surface area contributed by atoms with Crippen molar-refractivity contribution in [3.8, 4) is 17.9 Å². The molecule has 0 N–H and O–H groups in total. The van der Waals surface area contributed by atoms with Gasteiger partial charge in [0.15, 0.2) is 0 Å². The lowest BCUT2D eigenvalue weighted by atomic mass is 10.1. The number of unbranched alkanes of at least 4 members (excludes halogenated alkanes) is 1. The maximum absolute atomic E-state index is 8.33. The third kappa shape index (κ3) is 4.34. The summed E-state index contributed by atoms with van der Waals surface area (Å²) >= 11 is 0. The number of rotatable bonds is 3. The fourth-order valence-corrected chi connectivity index (χ4v) is 1.32. The first kappa shape index (κ1) is 11.3. The first-order valence-electron chi connectivity index (χ1n) is 5.31. The molecule has 0 spiro atoms. The standard InChI is InChI=1S/C14H15N/c1-2-3-6-13-8-10-14(11-9-13)7-4-5-12-15/h8-11H,2-3,5-6H2,1H3. The van der Waals surface area contributed by atoms with E-state index in [0.29, 0.717) is 6.42 Å². The van der Waals surface area contributed by atoms with Gasteiger partial charge in [0.25, 0.3) is 0 Å². The topological polar surface area (TPSA) is 23.8 Å². The van der Waals surface area contributed by atoms with Crippen LogP contribution in [0.1, 0.15) is 37.3 Å². The zero-order chi connectivity index (χ0) is 10.9. The average Bonchev–Trinajstić information content (AvgIpc) is 2.28. The molecule has 0 fully saturated rings. The van der Waals surface area contributed by atoms with Crippen molar-refractivity contribution in [3.63, 3.8) is 0 Å². The van der Waals surface area contributed by atoms with Gasteiger partial charge in [-0.2, -0.15) is 5.26 Å². The van der Waals surface area contributed by atoms with Gasteiger partial charge >= 0.3 is 0 Å². The smallest absolute Gasteiger partial charge is 0.0966 e. The van der Waals surface area contributed by atoms with Crippen molar-refractivity contribution in [3.05, 3.63) is 35.4 Å². The normalized spacial score (nSPS) is 8.80. The highest BCUT2D eigenvalue weighted by Gasteiger charge is 1.91. The monoisotopic (exact) mass is 197 g/mol. The van der Waals surface area contributed by atoms with Crippen LogP contribution in [-0.4, -0.2) is 0 Å². The van der Waals surface area contributed by atoms with Crippen molar-refractivity contribution in [2.24, 2.45) is 0 Å². The zero-order valence-electron chi connectivity index (χ0n) is 9.09. The highest BCUT2D eigenvalue weighted by molar-refractivity contribution is 5.36. The van der Waals surface area contributed by atoms with E-state index in [1.54, 1.807) is 0 Å². The van der Waals surface area contributed by atoms with E-state index in [4.69, 9.17) is 5.26 Å². The van der Waals surface area contributed by atoms with Crippen LogP contribution in [0.5, 0.6) is 0 Å². The van der Waals surface area contributed by atoms with Crippen LogP contribution in [0, 0.1) is 23.2 Å². The van der Waals surface area contributed by atoms with Crippen LogP contribution < -0.4 is 0 Å². The van der Waals surface area contributed by atoms with Crippen LogP contribution in [0.2, 0.25) is 0 Å². The third-order valence-corrected chi connectivity index (χ3v) is 2.17. The largest absolute Gasteiger partial charge is 0.197 e. The van der Waals surface area contributed by atoms with Gasteiger partial charge in [0.1, 0.15) is 0 Å². The maximum Gasteiger partial charge on any atom is 0.0966 e. The highest BCUT2D eigenvalue weighted by atomic mass is 14.2. The van der Waals surface area contributed by atoms with Gasteiger partial charge < -0.3 is 0 Å². The predicted octanol–water partition coefficient (Wildman–Crippen LogP) is 3.29. The molecule has 0 atom stereocenters. The van der Waals surface area contributed by atoms with Crippen molar-refractivity contribution in [2.45, 2.75) is 32.6 Å². The Hall–Kier alpha value is -1.73. The molecule has 0 aliphatic heterocycles. The van der Waals surface area contributed by atoms with Gasteiger partial charge in [-0.05, 0) is 30.5 Å². The van der Waals surface area contributed by atoms with Crippen molar-refractivity contribution in [2.75, 3.05) is 0 Å². The first-order valence-corrected chi connectivity index (χ1v) is 5.31. The Labute approximate surface area is 91.7 Å². The Morgan fingerprint density at radius 1 is 1.20 bits per heavy atom. The number of hydrogen-bond donors (Lipinski definition) is 0. The van der Waals surface area contributed by atoms with Crippen LogP contribution >= 0.6 is 0 Å². The molecule has 1 aromatic rings. The maximum atomic E-state index is 8.33. The molecule has 1 aromatic carbocycles. The van der Waals surface area contributed by atoms with Gasteiger partial charge in [0.05, 0.1) is 12.5 Å². The van der Waals surface area contributed by atoms with E-state index in [0.717, 1.165) is 12.0 Å². The summed E-state index contributed by atoms with van der Waals surface area (Å²) in [6, 6.07) is 10.3. The Morgan fingerprint density at radius 3 is 2.53 bits per heavy atom. The summed E-state index contributed by atoms with van der Waals surface area (Å²) in [5.74, 6) is 5.76. The van der Waals surface area contributed by atoms with E-state index in [1.807, 2.05) is 18.2 Å². The molecule has 15 heavy (non-hydrogen) atoms. The number of nitriles is 1. The van der Waals surface area contributed by atoms with Crippen LogP contribution in [0.4, 0.5) is 0 Å². The van der Waals surface area contributed by atoms with Crippen LogP contribution in [0.3, 0.4) is 0 Å². The molecule has 1 nitrogen and oxygen atoms in total. The SMILES string of the molecule is CCCCc1ccc(C#CCC#N)cc1. The molecule has 0 heterocycles. The van der Waals surface area contributed by atoms with Gasteiger partial charge in [0, 0.05) is 5.56 Å². The molecule has 1 heteroatoms. The molecule has 0 aliphatic rings. The molecule has 76 valence electrons. The van der Waals surface area contributed by atoms with Gasteiger partial charge in [-0.25, -0.2) is 0 Å². The summed E-state index contributed by atoms with van der Waals surface area (Å²) in [5.41, 5.74) is 2.35. The number of hydrogen-bond acceptors (Lipinski definition) is 1. The summed E-state index contributed by atoms with van der Waals surface area (Å²) in [4.78, 5) is 0. The Kier molecular flexibility index (Phi) is 5.06. The predicted molar refractivity (Wildman–Crippen MR) is 62.2 cm³/mol. The summed E-state index contributed by atoms with van der Waals surface area (Å²) in [6.07, 6.45) is 3.91. The molecule has 0 bridgehead atoms. The minimum atomic E-state index is 0.303. The number of aryl methyl sites for hydroxylation is 1. The zero-order valence-corrected chi connectivity index (χ0v) is 9.09. The van der Waals surface area contributed by atoms with Crippen LogP contribution in [0.25, 0.3) is 0 Å². The lowest BCUT2D eigenvalue weighted by Crippen LogP contribution is -1.84. The first-order chi connectivity index (χ1) is 7.36. The van der Waals surface area contributed by atoms with E-state index in [-0.39, 0.29) is 0 Å². The molecule has 0 amide bonds. The summed E-state index contributed by atoms with van der Waals surface area (Å²) in [5, 5.41) is 8.33. The third-order valence-electron chi connectivity index (χ3n) is 2.17. The molecule has 0 aliphatic carbocycles. The molecule has 0 aromatic heterocycles. The van der Waals surface area contributed by atoms with Gasteiger partial charge in [-0.1, -0.05) is 37.3 Å². The summed E-state index contributed by atoms with van der Waals surface area (Å²) < 4.78 is 0. The fourth-order valence-electron chi connectivity index (χ4n) is 1.32. The molecule has 0 radical (unpaired) electrons. The van der Waals surface area contributed by atoms with Crippen molar-refractivity contribution < 1.29 is 0 Å². The Balaban J connectivity index is 2.58. The Bertz CT molecular complexity index is 384. The minimum absolute atomic E-state index is 0.303. The second-order valence-corrected chi connectivity index (χ2v) is 3.44.